The molecule has 2 rings (SSSR count). The molecule has 1 aromatic heterocycles. The quantitative estimate of drug-likeness (QED) is 0.223. The Morgan fingerprint density at radius 1 is 0.767 bits per heavy atom. The molecule has 0 amide bonds. The molecular weight excluding hydrogens is 411 g/mol. The van der Waals surface area contributed by atoms with E-state index >= 15 is 0 Å². The Labute approximate surface area is 193 Å². The van der Waals surface area contributed by atoms with E-state index in [0.29, 0.717) is 0 Å². The first-order chi connectivity index (χ1) is 14.5. The Morgan fingerprint density at radius 3 is 1.77 bits per heavy atom. The van der Waals surface area contributed by atoms with Crippen LogP contribution in [0.15, 0.2) is 36.7 Å². The van der Waals surface area contributed by atoms with Gasteiger partial charge in [-0.25, -0.2) is 4.57 Å². The van der Waals surface area contributed by atoms with Crippen molar-refractivity contribution >= 4 is 41.0 Å². The van der Waals surface area contributed by atoms with Crippen LogP contribution >= 0.6 is 23.2 Å². The van der Waals surface area contributed by atoms with E-state index in [0.717, 1.165) is 39.9 Å². The Kier molecular flexibility index (Phi) is 11.3. The number of hydrogen-bond acceptors (Lipinski definition) is 1. The monoisotopic (exact) mass is 447 g/mol. The Hall–Kier alpha value is -1.51. The molecule has 0 unspecified atom stereocenters. The van der Waals surface area contributed by atoms with Gasteiger partial charge in [0.1, 0.15) is 7.05 Å². The van der Waals surface area contributed by atoms with E-state index < -0.39 is 0 Å². The van der Waals surface area contributed by atoms with Crippen LogP contribution < -0.4 is 9.47 Å². The van der Waals surface area contributed by atoms with Crippen molar-refractivity contribution in [2.75, 3.05) is 18.0 Å². The fraction of sp³-hybridized carbons (Fsp3) is 0.500. The van der Waals surface area contributed by atoms with Gasteiger partial charge in [-0.3, -0.25) is 0 Å². The summed E-state index contributed by atoms with van der Waals surface area (Å²) in [4.78, 5) is 2.40. The van der Waals surface area contributed by atoms with Gasteiger partial charge >= 0.3 is 0 Å². The smallest absolute Gasteiger partial charge is 0.169 e. The molecule has 1 heterocycles. The number of aryl methyl sites for hydroxylation is 1. The molecule has 0 spiro atoms. The third-order valence-electron chi connectivity index (χ3n) is 5.39. The third kappa shape index (κ3) is 8.32. The maximum absolute atomic E-state index is 6.75. The van der Waals surface area contributed by atoms with E-state index in [-0.39, 0.29) is 0 Å². The van der Waals surface area contributed by atoms with Crippen LogP contribution in [-0.4, -0.2) is 13.1 Å². The summed E-state index contributed by atoms with van der Waals surface area (Å²) >= 11 is 13.5. The number of hydrogen-bond donors (Lipinski definition) is 0. The standard InChI is InChI=1S/C26H37Cl2N2/c1-4-6-8-10-16-30(17-11-9-7-5-2)26-24(27)20-23(21-25(26)28)13-12-22-14-18-29(3)19-15-22/h12-15,18-21H,4-11,16-17H2,1-3H3/q+1. The Balaban J connectivity index is 2.15. The summed E-state index contributed by atoms with van der Waals surface area (Å²) < 4.78 is 2.02. The van der Waals surface area contributed by atoms with Gasteiger partial charge in [0.05, 0.1) is 15.7 Å². The summed E-state index contributed by atoms with van der Waals surface area (Å²) in [5.74, 6) is 0. The number of aromatic nitrogens is 1. The number of benzene rings is 1. The zero-order chi connectivity index (χ0) is 21.8. The highest BCUT2D eigenvalue weighted by atomic mass is 35.5. The molecule has 0 fully saturated rings. The van der Waals surface area contributed by atoms with Gasteiger partial charge in [-0.1, -0.05) is 87.7 Å². The van der Waals surface area contributed by atoms with Crippen molar-refractivity contribution in [1.82, 2.24) is 0 Å². The summed E-state index contributed by atoms with van der Waals surface area (Å²) in [7, 11) is 2.02. The van der Waals surface area contributed by atoms with Gasteiger partial charge in [0, 0.05) is 25.2 Å². The van der Waals surface area contributed by atoms with Gasteiger partial charge in [-0.05, 0) is 36.1 Å². The molecule has 1 aromatic carbocycles. The Bertz CT molecular complexity index is 749. The zero-order valence-corrected chi connectivity index (χ0v) is 20.4. The molecule has 2 nitrogen and oxygen atoms in total. The minimum absolute atomic E-state index is 0.743. The lowest BCUT2D eigenvalue weighted by molar-refractivity contribution is -0.671. The van der Waals surface area contributed by atoms with Crippen molar-refractivity contribution in [3.05, 3.63) is 57.8 Å². The second-order valence-electron chi connectivity index (χ2n) is 8.07. The summed E-state index contributed by atoms with van der Waals surface area (Å²) in [5, 5.41) is 1.49. The first-order valence-corrected chi connectivity index (χ1v) is 12.2. The first-order valence-electron chi connectivity index (χ1n) is 11.4. The molecule has 4 heteroatoms. The van der Waals surface area contributed by atoms with Crippen molar-refractivity contribution in [3.63, 3.8) is 0 Å². The van der Waals surface area contributed by atoms with Crippen molar-refractivity contribution in [1.29, 1.82) is 0 Å². The average molecular weight is 449 g/mol. The molecule has 0 aliphatic heterocycles. The number of pyridine rings is 1. The topological polar surface area (TPSA) is 7.12 Å². The SMILES string of the molecule is CCCCCCN(CCCCCC)c1c(Cl)cc(C=Cc2cc[n+](C)cc2)cc1Cl. The highest BCUT2D eigenvalue weighted by molar-refractivity contribution is 6.39. The van der Waals surface area contributed by atoms with Crippen LogP contribution in [0, 0.1) is 0 Å². The van der Waals surface area contributed by atoms with Crippen LogP contribution in [0.4, 0.5) is 5.69 Å². The van der Waals surface area contributed by atoms with Gasteiger partial charge in [0.2, 0.25) is 0 Å². The van der Waals surface area contributed by atoms with E-state index in [2.05, 4.69) is 43.0 Å². The molecule has 0 aliphatic carbocycles. The van der Waals surface area contributed by atoms with Gasteiger partial charge in [0.15, 0.2) is 12.4 Å². The van der Waals surface area contributed by atoms with E-state index in [1.165, 1.54) is 51.4 Å². The normalized spacial score (nSPS) is 11.4. The molecule has 0 radical (unpaired) electrons. The van der Waals surface area contributed by atoms with E-state index in [4.69, 9.17) is 23.2 Å². The average Bonchev–Trinajstić information content (AvgIpc) is 2.73. The van der Waals surface area contributed by atoms with Gasteiger partial charge in [-0.2, -0.15) is 0 Å². The Morgan fingerprint density at radius 2 is 1.27 bits per heavy atom. The van der Waals surface area contributed by atoms with Crippen LogP contribution in [0.1, 0.15) is 76.3 Å². The van der Waals surface area contributed by atoms with E-state index in [1.54, 1.807) is 0 Å². The predicted molar refractivity (Wildman–Crippen MR) is 134 cm³/mol. The molecule has 30 heavy (non-hydrogen) atoms. The highest BCUT2D eigenvalue weighted by Gasteiger charge is 2.15. The first kappa shape index (κ1) is 24.8. The number of nitrogens with zero attached hydrogens (tertiary/aromatic N) is 2. The second kappa shape index (κ2) is 13.7. The lowest BCUT2D eigenvalue weighted by atomic mass is 10.1. The molecule has 0 saturated carbocycles. The maximum Gasteiger partial charge on any atom is 0.169 e. The summed E-state index contributed by atoms with van der Waals surface area (Å²) in [6, 6.07) is 8.24. The van der Waals surface area contributed by atoms with Crippen molar-refractivity contribution in [2.24, 2.45) is 7.05 Å². The number of halogens is 2. The van der Waals surface area contributed by atoms with Crippen LogP contribution in [0.2, 0.25) is 10.0 Å². The van der Waals surface area contributed by atoms with Crippen molar-refractivity contribution in [3.8, 4) is 0 Å². The van der Waals surface area contributed by atoms with Gasteiger partial charge < -0.3 is 4.90 Å². The fourth-order valence-electron chi connectivity index (χ4n) is 3.59. The second-order valence-corrected chi connectivity index (χ2v) is 8.89. The summed E-state index contributed by atoms with van der Waals surface area (Å²) in [5.41, 5.74) is 3.17. The van der Waals surface area contributed by atoms with Gasteiger partial charge in [-0.15, -0.1) is 0 Å². The largest absolute Gasteiger partial charge is 0.369 e. The van der Waals surface area contributed by atoms with Crippen molar-refractivity contribution in [2.45, 2.75) is 65.2 Å². The molecule has 0 saturated heterocycles. The molecule has 0 bridgehead atoms. The van der Waals surface area contributed by atoms with E-state index in [9.17, 15) is 0 Å². The van der Waals surface area contributed by atoms with E-state index in [1.807, 2.05) is 36.1 Å². The van der Waals surface area contributed by atoms with Gasteiger partial charge in [0.25, 0.3) is 0 Å². The minimum atomic E-state index is 0.743. The fourth-order valence-corrected chi connectivity index (χ4v) is 4.34. The molecule has 0 atom stereocenters. The number of anilines is 1. The maximum atomic E-state index is 6.75. The molecule has 0 aliphatic rings. The van der Waals surface area contributed by atoms with Crippen LogP contribution in [0.3, 0.4) is 0 Å². The lowest BCUT2D eigenvalue weighted by Gasteiger charge is -2.27. The lowest BCUT2D eigenvalue weighted by Crippen LogP contribution is -2.26. The summed E-state index contributed by atoms with van der Waals surface area (Å²) in [6.45, 7) is 6.53. The molecule has 0 N–H and O–H groups in total. The zero-order valence-electron chi connectivity index (χ0n) is 18.8. The summed E-state index contributed by atoms with van der Waals surface area (Å²) in [6.07, 6.45) is 18.2. The molecule has 2 aromatic rings. The highest BCUT2D eigenvalue weighted by Crippen LogP contribution is 2.36. The molecular formula is C26H37Cl2N2+. The van der Waals surface area contributed by atoms with Crippen LogP contribution in [0.5, 0.6) is 0 Å². The number of unbranched alkanes of at least 4 members (excludes halogenated alkanes) is 6. The minimum Gasteiger partial charge on any atom is -0.369 e. The predicted octanol–water partition coefficient (Wildman–Crippen LogP) is 7.96. The van der Waals surface area contributed by atoms with Crippen molar-refractivity contribution < 1.29 is 4.57 Å². The third-order valence-corrected chi connectivity index (χ3v) is 5.97. The van der Waals surface area contributed by atoms with Crippen LogP contribution in [-0.2, 0) is 7.05 Å². The van der Waals surface area contributed by atoms with Crippen LogP contribution in [0.25, 0.3) is 12.2 Å². The molecule has 164 valence electrons. The number of rotatable bonds is 13.